The molecule has 0 radical (unpaired) electrons. The Morgan fingerprint density at radius 2 is 1.89 bits per heavy atom. The maximum absolute atomic E-state index is 5.88. The molecule has 0 saturated heterocycles. The third-order valence-corrected chi connectivity index (χ3v) is 4.45. The summed E-state index contributed by atoms with van der Waals surface area (Å²) < 4.78 is 1.21. The predicted molar refractivity (Wildman–Crippen MR) is 84.4 cm³/mol. The van der Waals surface area contributed by atoms with Crippen LogP contribution in [-0.2, 0) is 0 Å². The molecular formula is C13H8ClIN2S. The Morgan fingerprint density at radius 3 is 2.67 bits per heavy atom. The fourth-order valence-electron chi connectivity index (χ4n) is 1.65. The topological polar surface area (TPSA) is 28.7 Å². The lowest BCUT2D eigenvalue weighted by molar-refractivity contribution is 1.02. The Bertz CT molecular complexity index is 694. The van der Waals surface area contributed by atoms with E-state index in [2.05, 4.69) is 51.0 Å². The summed E-state index contributed by atoms with van der Waals surface area (Å²) in [5.41, 5.74) is 1.06. The lowest BCUT2D eigenvalue weighted by Crippen LogP contribution is -1.75. The summed E-state index contributed by atoms with van der Waals surface area (Å²) in [5.74, 6) is 0. The summed E-state index contributed by atoms with van der Waals surface area (Å²) >= 11 is 9.82. The van der Waals surface area contributed by atoms with Gasteiger partial charge in [0.05, 0.1) is 5.52 Å². The first kappa shape index (κ1) is 12.3. The maximum Gasteiger partial charge on any atom is 0.131 e. The Balaban J connectivity index is 1.99. The van der Waals surface area contributed by atoms with Gasteiger partial charge in [0.1, 0.15) is 5.03 Å². The van der Waals surface area contributed by atoms with E-state index in [1.807, 2.05) is 24.3 Å². The summed E-state index contributed by atoms with van der Waals surface area (Å²) in [4.78, 5) is 1.13. The highest BCUT2D eigenvalue weighted by atomic mass is 127. The summed E-state index contributed by atoms with van der Waals surface area (Å²) in [6.45, 7) is 0. The van der Waals surface area contributed by atoms with Gasteiger partial charge in [0.2, 0.25) is 0 Å². The Morgan fingerprint density at radius 1 is 1.11 bits per heavy atom. The van der Waals surface area contributed by atoms with Gasteiger partial charge in [-0.05, 0) is 65.1 Å². The van der Waals surface area contributed by atoms with E-state index < -0.39 is 0 Å². The van der Waals surface area contributed by atoms with Gasteiger partial charge in [-0.1, -0.05) is 23.4 Å². The Kier molecular flexibility index (Phi) is 3.50. The Hall–Kier alpha value is -0.720. The van der Waals surface area contributed by atoms with Crippen LogP contribution >= 0.6 is 46.0 Å². The quantitative estimate of drug-likeness (QED) is 0.630. The monoisotopic (exact) mass is 386 g/mol. The molecule has 3 aromatic rings. The molecule has 0 spiro atoms. The largest absolute Gasteiger partial charge is 0.277 e. The number of fused-ring (bicyclic) bond motifs is 1. The SMILES string of the molecule is Clc1ccc(Sc2n[nH]c3ccc(I)cc23)cc1. The van der Waals surface area contributed by atoms with Gasteiger partial charge >= 0.3 is 0 Å². The van der Waals surface area contributed by atoms with Crippen LogP contribution < -0.4 is 0 Å². The molecule has 2 nitrogen and oxygen atoms in total. The van der Waals surface area contributed by atoms with E-state index in [0.717, 1.165) is 25.8 Å². The molecule has 5 heteroatoms. The molecule has 0 atom stereocenters. The fourth-order valence-corrected chi connectivity index (χ4v) is 3.14. The van der Waals surface area contributed by atoms with Crippen LogP contribution in [0.15, 0.2) is 52.4 Å². The molecule has 0 aliphatic carbocycles. The molecule has 0 unspecified atom stereocenters. The average molecular weight is 387 g/mol. The summed E-state index contributed by atoms with van der Waals surface area (Å²) in [6, 6.07) is 14.0. The van der Waals surface area contributed by atoms with Crippen LogP contribution in [0.3, 0.4) is 0 Å². The molecule has 18 heavy (non-hydrogen) atoms. The van der Waals surface area contributed by atoms with Crippen molar-refractivity contribution >= 4 is 56.9 Å². The second kappa shape index (κ2) is 5.11. The van der Waals surface area contributed by atoms with Crippen LogP contribution in [0.5, 0.6) is 0 Å². The zero-order valence-corrected chi connectivity index (χ0v) is 12.9. The van der Waals surface area contributed by atoms with Crippen molar-refractivity contribution in [2.45, 2.75) is 9.92 Å². The fraction of sp³-hybridized carbons (Fsp3) is 0. The van der Waals surface area contributed by atoms with Crippen LogP contribution in [0.2, 0.25) is 5.02 Å². The first-order valence-electron chi connectivity index (χ1n) is 5.29. The van der Waals surface area contributed by atoms with Gasteiger partial charge in [-0.3, -0.25) is 5.10 Å². The molecule has 1 aromatic heterocycles. The van der Waals surface area contributed by atoms with Gasteiger partial charge in [0, 0.05) is 18.9 Å². The van der Waals surface area contributed by atoms with E-state index in [4.69, 9.17) is 11.6 Å². The van der Waals surface area contributed by atoms with Crippen LogP contribution in [-0.4, -0.2) is 10.2 Å². The number of aromatic nitrogens is 2. The van der Waals surface area contributed by atoms with Crippen molar-refractivity contribution in [3.8, 4) is 0 Å². The molecular weight excluding hydrogens is 379 g/mol. The van der Waals surface area contributed by atoms with E-state index >= 15 is 0 Å². The van der Waals surface area contributed by atoms with Crippen LogP contribution in [0.4, 0.5) is 0 Å². The zero-order chi connectivity index (χ0) is 12.5. The number of aromatic amines is 1. The van der Waals surface area contributed by atoms with Gasteiger partial charge in [0.15, 0.2) is 0 Å². The molecule has 90 valence electrons. The highest BCUT2D eigenvalue weighted by Gasteiger charge is 2.07. The van der Waals surface area contributed by atoms with Crippen molar-refractivity contribution in [1.82, 2.24) is 10.2 Å². The minimum absolute atomic E-state index is 0.751. The highest BCUT2D eigenvalue weighted by Crippen LogP contribution is 2.32. The molecule has 0 aliphatic heterocycles. The van der Waals surface area contributed by atoms with Gasteiger partial charge in [-0.15, -0.1) is 0 Å². The number of benzene rings is 2. The number of rotatable bonds is 2. The third-order valence-electron chi connectivity index (χ3n) is 2.52. The predicted octanol–water partition coefficient (Wildman–Crippen LogP) is 4.97. The first-order chi connectivity index (χ1) is 8.72. The minimum Gasteiger partial charge on any atom is -0.277 e. The maximum atomic E-state index is 5.88. The lowest BCUT2D eigenvalue weighted by Gasteiger charge is -1.99. The van der Waals surface area contributed by atoms with E-state index in [-0.39, 0.29) is 0 Å². The van der Waals surface area contributed by atoms with E-state index in [1.54, 1.807) is 11.8 Å². The van der Waals surface area contributed by atoms with Crippen LogP contribution in [0.25, 0.3) is 10.9 Å². The standard InChI is InChI=1S/C13H8ClIN2S/c14-8-1-4-10(5-2-8)18-13-11-7-9(15)3-6-12(11)16-17-13/h1-7H,(H,16,17). The number of hydrogen-bond donors (Lipinski definition) is 1. The lowest BCUT2D eigenvalue weighted by atomic mass is 10.3. The van der Waals surface area contributed by atoms with E-state index in [0.29, 0.717) is 0 Å². The van der Waals surface area contributed by atoms with E-state index in [9.17, 15) is 0 Å². The number of H-pyrrole nitrogens is 1. The number of halogens is 2. The summed E-state index contributed by atoms with van der Waals surface area (Å²) in [6.07, 6.45) is 0. The minimum atomic E-state index is 0.751. The summed E-state index contributed by atoms with van der Waals surface area (Å²) in [5, 5.41) is 10.3. The molecule has 0 bridgehead atoms. The molecule has 2 aromatic carbocycles. The second-order valence-corrected chi connectivity index (χ2v) is 6.52. The highest BCUT2D eigenvalue weighted by molar-refractivity contribution is 14.1. The Labute approximate surface area is 127 Å². The molecule has 0 aliphatic rings. The van der Waals surface area contributed by atoms with Crippen molar-refractivity contribution < 1.29 is 0 Å². The van der Waals surface area contributed by atoms with Gasteiger partial charge in [-0.25, -0.2) is 0 Å². The third kappa shape index (κ3) is 2.50. The molecule has 3 rings (SSSR count). The van der Waals surface area contributed by atoms with Crippen molar-refractivity contribution in [1.29, 1.82) is 0 Å². The number of hydrogen-bond acceptors (Lipinski definition) is 2. The summed E-state index contributed by atoms with van der Waals surface area (Å²) in [7, 11) is 0. The smallest absolute Gasteiger partial charge is 0.131 e. The molecule has 1 heterocycles. The number of nitrogens with one attached hydrogen (secondary N) is 1. The van der Waals surface area contributed by atoms with Crippen molar-refractivity contribution in [3.63, 3.8) is 0 Å². The van der Waals surface area contributed by atoms with Crippen molar-refractivity contribution in [2.24, 2.45) is 0 Å². The molecule has 0 fully saturated rings. The van der Waals surface area contributed by atoms with Crippen LogP contribution in [0.1, 0.15) is 0 Å². The van der Waals surface area contributed by atoms with Crippen molar-refractivity contribution in [3.05, 3.63) is 51.1 Å². The van der Waals surface area contributed by atoms with Crippen LogP contribution in [0, 0.1) is 3.57 Å². The van der Waals surface area contributed by atoms with Gasteiger partial charge in [-0.2, -0.15) is 5.10 Å². The average Bonchev–Trinajstić information content (AvgIpc) is 2.75. The van der Waals surface area contributed by atoms with Gasteiger partial charge in [0.25, 0.3) is 0 Å². The van der Waals surface area contributed by atoms with E-state index in [1.165, 1.54) is 3.57 Å². The van der Waals surface area contributed by atoms with Gasteiger partial charge < -0.3 is 0 Å². The molecule has 1 N–H and O–H groups in total. The first-order valence-corrected chi connectivity index (χ1v) is 7.57. The molecule has 0 amide bonds. The zero-order valence-electron chi connectivity index (χ0n) is 9.15. The molecule has 0 saturated carbocycles. The second-order valence-electron chi connectivity index (χ2n) is 3.77. The normalized spacial score (nSPS) is 11.0. The van der Waals surface area contributed by atoms with Crippen molar-refractivity contribution in [2.75, 3.05) is 0 Å². The number of nitrogens with zero attached hydrogens (tertiary/aromatic N) is 1.